The van der Waals surface area contributed by atoms with Crippen LogP contribution in [0.1, 0.15) is 37.0 Å². The summed E-state index contributed by atoms with van der Waals surface area (Å²) in [6.45, 7) is 5.50. The third-order valence-corrected chi connectivity index (χ3v) is 4.95. The number of hydrogen-bond donors (Lipinski definition) is 1. The molecule has 2 heterocycles. The third kappa shape index (κ3) is 4.67. The molecule has 32 heavy (non-hydrogen) atoms. The highest BCUT2D eigenvalue weighted by atomic mass is 16.6. The van der Waals surface area contributed by atoms with Crippen molar-refractivity contribution in [3.05, 3.63) is 88.2 Å². The minimum absolute atomic E-state index is 0.387. The minimum Gasteiger partial charge on any atom is -0.458 e. The molecule has 1 unspecified atom stereocenters. The van der Waals surface area contributed by atoms with Crippen molar-refractivity contribution in [1.29, 1.82) is 0 Å². The topological polar surface area (TPSA) is 90.9 Å². The summed E-state index contributed by atoms with van der Waals surface area (Å²) in [5.74, 6) is 2.29. The zero-order valence-electron chi connectivity index (χ0n) is 18.0. The van der Waals surface area contributed by atoms with Gasteiger partial charge in [0.1, 0.15) is 17.1 Å². The van der Waals surface area contributed by atoms with Crippen molar-refractivity contribution in [2.75, 3.05) is 5.32 Å². The Kier molecular flexibility index (Phi) is 5.98. The predicted octanol–water partition coefficient (Wildman–Crippen LogP) is 6.36. The van der Waals surface area contributed by atoms with Crippen molar-refractivity contribution in [2.24, 2.45) is 0 Å². The fourth-order valence-corrected chi connectivity index (χ4v) is 3.36. The molecule has 4 rings (SSSR count). The van der Waals surface area contributed by atoms with Crippen LogP contribution in [0.2, 0.25) is 0 Å². The van der Waals surface area contributed by atoms with Gasteiger partial charge in [0.15, 0.2) is 17.6 Å². The van der Waals surface area contributed by atoms with E-state index in [0.717, 1.165) is 16.7 Å². The Morgan fingerprint density at radius 3 is 2.59 bits per heavy atom. The summed E-state index contributed by atoms with van der Waals surface area (Å²) in [7, 11) is 0. The highest BCUT2D eigenvalue weighted by Crippen LogP contribution is 2.35. The van der Waals surface area contributed by atoms with Gasteiger partial charge in [0, 0.05) is 35.7 Å². The summed E-state index contributed by atoms with van der Waals surface area (Å²) in [6.07, 6.45) is -0.701. The first-order chi connectivity index (χ1) is 15.4. The Balaban J connectivity index is 1.50. The van der Waals surface area contributed by atoms with Gasteiger partial charge in [-0.3, -0.25) is 5.32 Å². The van der Waals surface area contributed by atoms with Crippen molar-refractivity contribution >= 4 is 22.7 Å². The van der Waals surface area contributed by atoms with Crippen molar-refractivity contribution in [3.63, 3.8) is 0 Å². The molecule has 2 aromatic carbocycles. The molecule has 7 nitrogen and oxygen atoms in total. The van der Waals surface area contributed by atoms with E-state index in [4.69, 9.17) is 18.3 Å². The SMILES string of the molecule is CCc1cc(Oc2ccccc2)c(C(C)OC(=O)Nc2ccc3c(C)cc(=O)oc3c2)o1. The molecule has 164 valence electrons. The summed E-state index contributed by atoms with van der Waals surface area (Å²) >= 11 is 0. The van der Waals surface area contributed by atoms with Crippen molar-refractivity contribution in [3.8, 4) is 11.5 Å². The Labute approximate surface area is 184 Å². The van der Waals surface area contributed by atoms with Crippen LogP contribution in [0, 0.1) is 6.92 Å². The van der Waals surface area contributed by atoms with Gasteiger partial charge in [-0.2, -0.15) is 0 Å². The Morgan fingerprint density at radius 1 is 1.06 bits per heavy atom. The molecule has 0 bridgehead atoms. The molecule has 0 aliphatic carbocycles. The van der Waals surface area contributed by atoms with Crippen LogP contribution in [0.5, 0.6) is 11.5 Å². The van der Waals surface area contributed by atoms with Gasteiger partial charge in [-0.1, -0.05) is 25.1 Å². The Hall–Kier alpha value is -4.00. The lowest BCUT2D eigenvalue weighted by Gasteiger charge is -2.14. The highest BCUT2D eigenvalue weighted by Gasteiger charge is 2.22. The first-order valence-corrected chi connectivity index (χ1v) is 10.3. The number of furan rings is 1. The second-order valence-corrected chi connectivity index (χ2v) is 7.34. The summed E-state index contributed by atoms with van der Waals surface area (Å²) < 4.78 is 22.5. The summed E-state index contributed by atoms with van der Waals surface area (Å²) in [5, 5.41) is 3.45. The number of ether oxygens (including phenoxy) is 2. The second-order valence-electron chi connectivity index (χ2n) is 7.34. The van der Waals surface area contributed by atoms with E-state index in [0.29, 0.717) is 35.0 Å². The molecule has 1 atom stereocenters. The minimum atomic E-state index is -0.699. The standard InChI is InChI=1S/C25H23NO6/c1-4-18-14-22(30-19-8-6-5-7-9-19)24(31-18)16(3)29-25(28)26-17-10-11-20-15(2)12-23(27)32-21(20)13-17/h5-14,16H,4H2,1-3H3,(H,26,28). The third-order valence-electron chi connectivity index (χ3n) is 4.95. The van der Waals surface area contributed by atoms with Crippen LogP contribution in [0.15, 0.2) is 74.3 Å². The van der Waals surface area contributed by atoms with E-state index in [1.807, 2.05) is 44.2 Å². The average Bonchev–Trinajstić information content (AvgIpc) is 3.17. The van der Waals surface area contributed by atoms with Crippen LogP contribution in [-0.2, 0) is 11.2 Å². The number of anilines is 1. The first-order valence-electron chi connectivity index (χ1n) is 10.3. The predicted molar refractivity (Wildman–Crippen MR) is 120 cm³/mol. The molecule has 1 N–H and O–H groups in total. The number of amides is 1. The largest absolute Gasteiger partial charge is 0.458 e. The van der Waals surface area contributed by atoms with Crippen LogP contribution < -0.4 is 15.7 Å². The molecule has 0 fully saturated rings. The quantitative estimate of drug-likeness (QED) is 0.356. The molecule has 0 saturated carbocycles. The second kappa shape index (κ2) is 9.01. The number of rotatable bonds is 6. The molecule has 7 heteroatoms. The molecule has 4 aromatic rings. The van der Waals surface area contributed by atoms with Crippen LogP contribution in [-0.4, -0.2) is 6.09 Å². The van der Waals surface area contributed by atoms with Gasteiger partial charge >= 0.3 is 11.7 Å². The number of benzene rings is 2. The van der Waals surface area contributed by atoms with Crippen molar-refractivity contribution < 1.29 is 23.1 Å². The van der Waals surface area contributed by atoms with E-state index in [1.165, 1.54) is 6.07 Å². The van der Waals surface area contributed by atoms with Gasteiger partial charge in [0.2, 0.25) is 0 Å². The van der Waals surface area contributed by atoms with E-state index < -0.39 is 17.8 Å². The Morgan fingerprint density at radius 2 is 1.84 bits per heavy atom. The number of nitrogens with one attached hydrogen (secondary N) is 1. The van der Waals surface area contributed by atoms with Gasteiger partial charge in [-0.05, 0) is 43.7 Å². The highest BCUT2D eigenvalue weighted by molar-refractivity contribution is 5.90. The van der Waals surface area contributed by atoms with Crippen LogP contribution >= 0.6 is 0 Å². The first kappa shape index (κ1) is 21.2. The monoisotopic (exact) mass is 433 g/mol. The number of carbonyl (C=O) groups excluding carboxylic acids is 1. The van der Waals surface area contributed by atoms with Crippen LogP contribution in [0.4, 0.5) is 10.5 Å². The fourth-order valence-electron chi connectivity index (χ4n) is 3.36. The van der Waals surface area contributed by atoms with Gasteiger partial charge in [-0.15, -0.1) is 0 Å². The lowest BCUT2D eigenvalue weighted by molar-refractivity contribution is 0.105. The summed E-state index contributed by atoms with van der Waals surface area (Å²) in [4.78, 5) is 24.1. The van der Waals surface area contributed by atoms with Gasteiger partial charge in [-0.25, -0.2) is 9.59 Å². The molecule has 0 aliphatic heterocycles. The molecular formula is C25H23NO6. The summed E-state index contributed by atoms with van der Waals surface area (Å²) in [6, 6.07) is 17.6. The molecule has 0 radical (unpaired) electrons. The van der Waals surface area contributed by atoms with E-state index in [2.05, 4.69) is 5.32 Å². The average molecular weight is 433 g/mol. The molecule has 2 aromatic heterocycles. The summed E-state index contributed by atoms with van der Waals surface area (Å²) in [5.41, 5.74) is 1.18. The van der Waals surface area contributed by atoms with Crippen molar-refractivity contribution in [1.82, 2.24) is 0 Å². The zero-order valence-corrected chi connectivity index (χ0v) is 18.0. The van der Waals surface area contributed by atoms with E-state index in [9.17, 15) is 9.59 Å². The van der Waals surface area contributed by atoms with Crippen LogP contribution in [0.25, 0.3) is 11.0 Å². The van der Waals surface area contributed by atoms with Gasteiger partial charge in [0.25, 0.3) is 0 Å². The number of aryl methyl sites for hydroxylation is 2. The number of fused-ring (bicyclic) bond motifs is 1. The molecule has 0 aliphatic rings. The Bertz CT molecular complexity index is 1310. The number of hydrogen-bond acceptors (Lipinski definition) is 6. The zero-order chi connectivity index (χ0) is 22.7. The maximum atomic E-state index is 12.5. The lowest BCUT2D eigenvalue weighted by Crippen LogP contribution is -2.16. The maximum Gasteiger partial charge on any atom is 0.412 e. The smallest absolute Gasteiger partial charge is 0.412 e. The van der Waals surface area contributed by atoms with E-state index in [1.54, 1.807) is 31.2 Å². The fraction of sp³-hybridized carbons (Fsp3) is 0.200. The van der Waals surface area contributed by atoms with E-state index in [-0.39, 0.29) is 0 Å². The van der Waals surface area contributed by atoms with Gasteiger partial charge in [0.05, 0.1) is 0 Å². The van der Waals surface area contributed by atoms with Crippen molar-refractivity contribution in [2.45, 2.75) is 33.3 Å². The van der Waals surface area contributed by atoms with E-state index >= 15 is 0 Å². The molecule has 0 spiro atoms. The van der Waals surface area contributed by atoms with Crippen LogP contribution in [0.3, 0.4) is 0 Å². The normalized spacial score (nSPS) is 11.8. The number of carbonyl (C=O) groups is 1. The molecule has 1 amide bonds. The van der Waals surface area contributed by atoms with Gasteiger partial charge < -0.3 is 18.3 Å². The maximum absolute atomic E-state index is 12.5. The lowest BCUT2D eigenvalue weighted by atomic mass is 10.1. The number of para-hydroxylation sites is 1. The molecule has 0 saturated heterocycles. The molecular weight excluding hydrogens is 410 g/mol.